The highest BCUT2D eigenvalue weighted by Gasteiger charge is 2.29. The van der Waals surface area contributed by atoms with E-state index < -0.39 is 41.8 Å². The number of carbonyl (C=O) groups is 3. The van der Waals surface area contributed by atoms with Gasteiger partial charge in [0.25, 0.3) is 6.43 Å². The van der Waals surface area contributed by atoms with E-state index in [1.165, 1.54) is 11.8 Å². The number of hydrogen-bond acceptors (Lipinski definition) is 11. The summed E-state index contributed by atoms with van der Waals surface area (Å²) in [4.78, 5) is 48.0. The first-order valence-electron chi connectivity index (χ1n) is 9.94. The summed E-state index contributed by atoms with van der Waals surface area (Å²) in [6.07, 6.45) is -1.74. The number of hydrogen-bond donors (Lipinski definition) is 5. The monoisotopic (exact) mass is 525 g/mol. The van der Waals surface area contributed by atoms with Crippen LogP contribution in [0.1, 0.15) is 40.8 Å². The first-order chi connectivity index (χ1) is 16.8. The molecule has 0 fully saturated rings. The minimum atomic E-state index is -2.72. The fourth-order valence-electron chi connectivity index (χ4n) is 2.67. The molecule has 0 aromatic carbocycles. The van der Waals surface area contributed by atoms with Crippen molar-refractivity contribution in [2.45, 2.75) is 37.5 Å². The van der Waals surface area contributed by atoms with E-state index in [4.69, 9.17) is 26.2 Å². The second-order valence-corrected chi connectivity index (χ2v) is 8.29. The van der Waals surface area contributed by atoms with Gasteiger partial charge in [0.2, 0.25) is 0 Å². The quantitative estimate of drug-likeness (QED) is 0.305. The number of thioether (sulfide) groups is 1. The van der Waals surface area contributed by atoms with E-state index in [0.29, 0.717) is 16.4 Å². The molecule has 192 valence electrons. The Bertz CT molecular complexity index is 1160. The number of aliphatic carboxylic acids is 2. The molecule has 2 aromatic heterocycles. The van der Waals surface area contributed by atoms with Crippen LogP contribution in [0.3, 0.4) is 0 Å². The number of carbonyl (C=O) groups excluding carboxylic acids is 1. The van der Waals surface area contributed by atoms with Crippen LogP contribution in [0.15, 0.2) is 47.2 Å². The first-order valence-corrected chi connectivity index (χ1v) is 10.8. The summed E-state index contributed by atoms with van der Waals surface area (Å²) in [6.45, 7) is 1.87. The van der Waals surface area contributed by atoms with Gasteiger partial charge in [-0.15, -0.1) is 0 Å². The van der Waals surface area contributed by atoms with Gasteiger partial charge in [-0.05, 0) is 36.1 Å². The molecule has 0 radical (unpaired) electrons. The standard InChI is InChI=1S/C17H15F2N5OS.C4H6O6/c1-17(3-5-26-16(20)24-17)14-7-10(2-4-21-14)6-13(25)11-8-23-12(9-22-11)15(18)19;5-1(3(7)8)2(6)4(9)10/h2-5,7-9,15H,6H2,1H3,(H2,20,24);1-2,5-6H,(H,7,8)(H,9,10)/t17-;1-,2-/m01/s1. The lowest BCUT2D eigenvalue weighted by molar-refractivity contribution is -0.165. The third-order valence-corrected chi connectivity index (χ3v) is 5.22. The fraction of sp³-hybridized carbons (Fsp3) is 0.286. The maximum Gasteiger partial charge on any atom is 0.335 e. The lowest BCUT2D eigenvalue weighted by Crippen LogP contribution is -2.39. The summed E-state index contributed by atoms with van der Waals surface area (Å²) < 4.78 is 25.0. The number of pyridine rings is 1. The van der Waals surface area contributed by atoms with Gasteiger partial charge >= 0.3 is 11.9 Å². The zero-order valence-corrected chi connectivity index (χ0v) is 19.3. The molecule has 0 amide bonds. The highest BCUT2D eigenvalue weighted by molar-refractivity contribution is 8.16. The molecule has 0 bridgehead atoms. The Balaban J connectivity index is 0.000000388. The number of nitrogens with two attached hydrogens (primary N) is 1. The number of carboxylic acids is 2. The summed E-state index contributed by atoms with van der Waals surface area (Å²) in [6, 6.07) is 3.48. The molecule has 0 aliphatic carbocycles. The van der Waals surface area contributed by atoms with E-state index in [1.54, 1.807) is 18.3 Å². The van der Waals surface area contributed by atoms with Crippen molar-refractivity contribution >= 4 is 34.7 Å². The van der Waals surface area contributed by atoms with Crippen LogP contribution in [-0.4, -0.2) is 70.5 Å². The number of aliphatic hydroxyl groups is 2. The molecule has 0 saturated carbocycles. The number of aromatic nitrogens is 3. The Morgan fingerprint density at radius 1 is 1.08 bits per heavy atom. The van der Waals surface area contributed by atoms with Gasteiger partial charge in [0.15, 0.2) is 23.2 Å². The van der Waals surface area contributed by atoms with Gasteiger partial charge in [0.1, 0.15) is 16.9 Å². The lowest BCUT2D eigenvalue weighted by Gasteiger charge is -2.24. The van der Waals surface area contributed by atoms with Gasteiger partial charge < -0.3 is 26.2 Å². The normalized spacial score (nSPS) is 18.4. The van der Waals surface area contributed by atoms with Crippen molar-refractivity contribution in [3.8, 4) is 0 Å². The Morgan fingerprint density at radius 2 is 1.72 bits per heavy atom. The molecule has 3 rings (SSSR count). The van der Waals surface area contributed by atoms with Crippen molar-refractivity contribution in [3.63, 3.8) is 0 Å². The molecule has 6 N–H and O–H groups in total. The SMILES string of the molecule is C[C@@]1(c2cc(CC(=O)c3cnc(C(F)F)cn3)ccn2)C=CSC(N)=N1.O=C(O)[C@H](O)[C@@H](O)C(=O)O. The van der Waals surface area contributed by atoms with Crippen LogP contribution in [0, 0.1) is 0 Å². The van der Waals surface area contributed by atoms with Crippen LogP contribution in [0.5, 0.6) is 0 Å². The van der Waals surface area contributed by atoms with Crippen molar-refractivity contribution in [2.24, 2.45) is 10.7 Å². The maximum atomic E-state index is 12.5. The summed E-state index contributed by atoms with van der Waals surface area (Å²) >= 11 is 1.33. The molecule has 15 heteroatoms. The first kappa shape index (κ1) is 28.4. The lowest BCUT2D eigenvalue weighted by atomic mass is 9.95. The fourth-order valence-corrected chi connectivity index (χ4v) is 3.39. The minimum Gasteiger partial charge on any atom is -0.479 e. The van der Waals surface area contributed by atoms with E-state index in [9.17, 15) is 23.2 Å². The predicted molar refractivity (Wildman–Crippen MR) is 122 cm³/mol. The smallest absolute Gasteiger partial charge is 0.335 e. The Labute approximate surface area is 206 Å². The summed E-state index contributed by atoms with van der Waals surface area (Å²) in [5.74, 6) is -3.86. The number of Topliss-reactive ketones (excluding diaryl/α,β-unsaturated/α-hetero) is 1. The average molecular weight is 525 g/mol. The number of amidine groups is 1. The molecule has 2 aromatic rings. The predicted octanol–water partition coefficient (Wildman–Crippen LogP) is 0.902. The Morgan fingerprint density at radius 3 is 2.22 bits per heavy atom. The number of carboxylic acid groups (broad SMARTS) is 2. The van der Waals surface area contributed by atoms with E-state index in [1.807, 2.05) is 18.4 Å². The number of alkyl halides is 2. The third kappa shape index (κ3) is 7.59. The molecule has 1 aliphatic rings. The average Bonchev–Trinajstić information content (AvgIpc) is 2.83. The molecule has 12 nitrogen and oxygen atoms in total. The van der Waals surface area contributed by atoms with Crippen molar-refractivity contribution in [1.29, 1.82) is 0 Å². The van der Waals surface area contributed by atoms with Gasteiger partial charge in [0, 0.05) is 12.6 Å². The summed E-state index contributed by atoms with van der Waals surface area (Å²) in [5, 5.41) is 34.8. The zero-order valence-electron chi connectivity index (χ0n) is 18.5. The van der Waals surface area contributed by atoms with Gasteiger partial charge in [-0.2, -0.15) is 0 Å². The molecule has 1 aliphatic heterocycles. The number of ketones is 1. The number of rotatable bonds is 8. The van der Waals surface area contributed by atoms with E-state index in [-0.39, 0.29) is 17.9 Å². The van der Waals surface area contributed by atoms with Crippen molar-refractivity contribution in [2.75, 3.05) is 0 Å². The van der Waals surface area contributed by atoms with Crippen LogP contribution >= 0.6 is 11.8 Å². The maximum absolute atomic E-state index is 12.5. The molecule has 0 saturated heterocycles. The van der Waals surface area contributed by atoms with Crippen molar-refractivity contribution in [1.82, 2.24) is 15.0 Å². The Kier molecular flexibility index (Phi) is 9.66. The minimum absolute atomic E-state index is 0.0372. The summed E-state index contributed by atoms with van der Waals surface area (Å²) in [5.41, 5.74) is 6.03. The highest BCUT2D eigenvalue weighted by atomic mass is 32.2. The number of halogens is 2. The number of nitrogens with zero attached hydrogens (tertiary/aromatic N) is 4. The molecule has 3 atom stereocenters. The Hall–Kier alpha value is -3.82. The summed E-state index contributed by atoms with van der Waals surface area (Å²) in [7, 11) is 0. The highest BCUT2D eigenvalue weighted by Crippen LogP contribution is 2.31. The van der Waals surface area contributed by atoms with Crippen LogP contribution < -0.4 is 5.73 Å². The second kappa shape index (κ2) is 12.2. The van der Waals surface area contributed by atoms with Crippen LogP contribution in [-0.2, 0) is 21.5 Å². The van der Waals surface area contributed by atoms with Gasteiger partial charge in [-0.25, -0.2) is 28.3 Å². The third-order valence-electron chi connectivity index (χ3n) is 4.62. The molecular formula is C21H21F2N5O7S. The molecule has 36 heavy (non-hydrogen) atoms. The molecule has 3 heterocycles. The van der Waals surface area contributed by atoms with Gasteiger partial charge in [-0.1, -0.05) is 11.8 Å². The number of aliphatic hydroxyl groups excluding tert-OH is 2. The van der Waals surface area contributed by atoms with Crippen LogP contribution in [0.25, 0.3) is 0 Å². The van der Waals surface area contributed by atoms with Crippen molar-refractivity contribution in [3.05, 3.63) is 64.9 Å². The van der Waals surface area contributed by atoms with Crippen LogP contribution in [0.2, 0.25) is 0 Å². The van der Waals surface area contributed by atoms with E-state index in [0.717, 1.165) is 12.4 Å². The molecular weight excluding hydrogens is 504 g/mol. The van der Waals surface area contributed by atoms with Gasteiger partial charge in [0.05, 0.1) is 18.1 Å². The van der Waals surface area contributed by atoms with Crippen molar-refractivity contribution < 1.29 is 43.6 Å². The van der Waals surface area contributed by atoms with Gasteiger partial charge in [-0.3, -0.25) is 14.8 Å². The second-order valence-electron chi connectivity index (χ2n) is 7.36. The van der Waals surface area contributed by atoms with E-state index in [2.05, 4.69) is 19.9 Å². The zero-order chi connectivity index (χ0) is 27.0. The van der Waals surface area contributed by atoms with Crippen LogP contribution in [0.4, 0.5) is 8.78 Å². The number of aliphatic imine (C=N–C) groups is 1. The molecule has 0 unspecified atom stereocenters. The largest absolute Gasteiger partial charge is 0.479 e. The van der Waals surface area contributed by atoms with E-state index >= 15 is 0 Å². The molecule has 0 spiro atoms. The topological polar surface area (TPSA) is 209 Å².